The molecule has 0 unspecified atom stereocenters. The van der Waals surface area contributed by atoms with Gasteiger partial charge in [-0.2, -0.15) is 0 Å². The van der Waals surface area contributed by atoms with Crippen molar-refractivity contribution in [3.8, 4) is 0 Å². The van der Waals surface area contributed by atoms with Gasteiger partial charge in [-0.25, -0.2) is 0 Å². The molecule has 164 valence electrons. The van der Waals surface area contributed by atoms with Crippen LogP contribution in [-0.2, 0) is 23.7 Å². The summed E-state index contributed by atoms with van der Waals surface area (Å²) >= 11 is 0. The monoisotopic (exact) mass is 393 g/mol. The molecule has 2 saturated heterocycles. The van der Waals surface area contributed by atoms with Gasteiger partial charge in [0.05, 0.1) is 39.8 Å². The first kappa shape index (κ1) is 26.7. The fourth-order valence-electron chi connectivity index (χ4n) is 2.48. The van der Waals surface area contributed by atoms with Crippen LogP contribution in [0.4, 0.5) is 0 Å². The molecule has 0 N–H and O–H groups in total. The maximum absolute atomic E-state index is 5.20. The quantitative estimate of drug-likeness (QED) is 0.524. The molecule has 0 bridgehead atoms. The van der Waals surface area contributed by atoms with Crippen molar-refractivity contribution in [1.82, 2.24) is 14.7 Å². The molecule has 2 aliphatic rings. The number of hydrogen-bond donors (Lipinski definition) is 0. The summed E-state index contributed by atoms with van der Waals surface area (Å²) in [5, 5.41) is 0. The molecule has 0 spiro atoms. The Kier molecular flexibility index (Phi) is 20.2. The lowest BCUT2D eigenvalue weighted by molar-refractivity contribution is -0.0178. The Morgan fingerprint density at radius 1 is 0.741 bits per heavy atom. The lowest BCUT2D eigenvalue weighted by Gasteiger charge is -2.25. The SMILES string of the molecule is COCCCN(C)C.COCCN1CCOCC1.COCN1CCOCC1. The summed E-state index contributed by atoms with van der Waals surface area (Å²) in [6.45, 7) is 12.2. The third-order valence-corrected chi connectivity index (χ3v) is 4.08. The zero-order chi connectivity index (χ0) is 20.2. The summed E-state index contributed by atoms with van der Waals surface area (Å²) in [4.78, 5) is 6.73. The predicted octanol–water partition coefficient (Wildman–Crippen LogP) is 0.472. The molecule has 2 heterocycles. The molecule has 0 aromatic carbocycles. The van der Waals surface area contributed by atoms with E-state index in [-0.39, 0.29) is 0 Å². The molecular weight excluding hydrogens is 350 g/mol. The highest BCUT2D eigenvalue weighted by atomic mass is 16.5. The van der Waals surface area contributed by atoms with Gasteiger partial charge in [0.15, 0.2) is 0 Å². The fraction of sp³-hybridized carbons (Fsp3) is 1.00. The summed E-state index contributed by atoms with van der Waals surface area (Å²) in [6.07, 6.45) is 1.13. The van der Waals surface area contributed by atoms with Crippen LogP contribution in [0.1, 0.15) is 6.42 Å². The van der Waals surface area contributed by atoms with Crippen molar-refractivity contribution in [3.63, 3.8) is 0 Å². The van der Waals surface area contributed by atoms with E-state index in [0.717, 1.165) is 92.1 Å². The van der Waals surface area contributed by atoms with Gasteiger partial charge in [-0.05, 0) is 27.1 Å². The largest absolute Gasteiger partial charge is 0.385 e. The van der Waals surface area contributed by atoms with Crippen molar-refractivity contribution < 1.29 is 23.7 Å². The van der Waals surface area contributed by atoms with Gasteiger partial charge in [0.2, 0.25) is 0 Å². The zero-order valence-electron chi connectivity index (χ0n) is 18.3. The van der Waals surface area contributed by atoms with E-state index in [1.54, 1.807) is 21.3 Å². The second-order valence-electron chi connectivity index (χ2n) is 6.74. The molecule has 0 radical (unpaired) electrons. The summed E-state index contributed by atoms with van der Waals surface area (Å²) in [5.41, 5.74) is 0. The molecule has 8 heteroatoms. The van der Waals surface area contributed by atoms with Crippen molar-refractivity contribution in [2.75, 3.05) is 121 Å². The Bertz CT molecular complexity index is 284. The standard InChI is InChI=1S/C7H15NO2.C6H13NO2.C6H15NO/c1-9-5-2-8-3-6-10-7-4-8;1-8-6-7-2-4-9-5-3-7;1-7(2)5-4-6-8-3/h2-7H2,1H3;2-6H2,1H3;4-6H2,1-3H3. The van der Waals surface area contributed by atoms with Crippen molar-refractivity contribution in [3.05, 3.63) is 0 Å². The number of methoxy groups -OCH3 is 3. The van der Waals surface area contributed by atoms with Gasteiger partial charge in [0, 0.05) is 60.7 Å². The first-order chi connectivity index (χ1) is 13.1. The van der Waals surface area contributed by atoms with Crippen molar-refractivity contribution >= 4 is 0 Å². The number of morpholine rings is 2. The summed E-state index contributed by atoms with van der Waals surface area (Å²) in [7, 11) is 9.32. The second-order valence-corrected chi connectivity index (χ2v) is 6.74. The maximum atomic E-state index is 5.20. The van der Waals surface area contributed by atoms with Crippen LogP contribution < -0.4 is 0 Å². The van der Waals surface area contributed by atoms with Crippen LogP contribution in [0.25, 0.3) is 0 Å². The van der Waals surface area contributed by atoms with Crippen molar-refractivity contribution in [2.45, 2.75) is 6.42 Å². The molecule has 2 aliphatic heterocycles. The average molecular weight is 394 g/mol. The van der Waals surface area contributed by atoms with Crippen LogP contribution in [0.15, 0.2) is 0 Å². The van der Waals surface area contributed by atoms with E-state index in [1.165, 1.54) is 0 Å². The lowest BCUT2D eigenvalue weighted by Crippen LogP contribution is -2.38. The molecule has 27 heavy (non-hydrogen) atoms. The fourth-order valence-corrected chi connectivity index (χ4v) is 2.48. The number of nitrogens with zero attached hydrogens (tertiary/aromatic N) is 3. The van der Waals surface area contributed by atoms with Crippen molar-refractivity contribution in [2.24, 2.45) is 0 Å². The molecule has 0 amide bonds. The van der Waals surface area contributed by atoms with Gasteiger partial charge in [-0.1, -0.05) is 0 Å². The molecule has 8 nitrogen and oxygen atoms in total. The molecule has 0 atom stereocenters. The van der Waals surface area contributed by atoms with Gasteiger partial charge in [-0.15, -0.1) is 0 Å². The maximum Gasteiger partial charge on any atom is 0.0987 e. The van der Waals surface area contributed by atoms with Crippen LogP contribution in [0.3, 0.4) is 0 Å². The minimum absolute atomic E-state index is 0.739. The minimum Gasteiger partial charge on any atom is -0.385 e. The molecule has 0 aromatic rings. The van der Waals surface area contributed by atoms with Gasteiger partial charge in [0.1, 0.15) is 0 Å². The predicted molar refractivity (Wildman–Crippen MR) is 108 cm³/mol. The van der Waals surface area contributed by atoms with E-state index in [9.17, 15) is 0 Å². The molecule has 2 fully saturated rings. The van der Waals surface area contributed by atoms with E-state index >= 15 is 0 Å². The van der Waals surface area contributed by atoms with Crippen LogP contribution in [-0.4, -0.2) is 136 Å². The Morgan fingerprint density at radius 2 is 1.26 bits per heavy atom. The van der Waals surface area contributed by atoms with Crippen LogP contribution in [0.5, 0.6) is 0 Å². The number of rotatable bonds is 9. The first-order valence-electron chi connectivity index (χ1n) is 9.85. The molecule has 0 aliphatic carbocycles. The van der Waals surface area contributed by atoms with Crippen LogP contribution >= 0.6 is 0 Å². The van der Waals surface area contributed by atoms with E-state index in [4.69, 9.17) is 23.7 Å². The second kappa shape index (κ2) is 20.4. The van der Waals surface area contributed by atoms with E-state index in [1.807, 2.05) is 0 Å². The Labute approximate surface area is 166 Å². The molecule has 0 aromatic heterocycles. The molecular formula is C19H43N3O5. The molecule has 0 saturated carbocycles. The van der Waals surface area contributed by atoms with Gasteiger partial charge < -0.3 is 28.6 Å². The third kappa shape index (κ3) is 18.8. The Morgan fingerprint density at radius 3 is 1.70 bits per heavy atom. The average Bonchev–Trinajstić information content (AvgIpc) is 2.69. The summed E-state index contributed by atoms with van der Waals surface area (Å²) in [5.74, 6) is 0. The Balaban J connectivity index is 0.000000379. The highest BCUT2D eigenvalue weighted by Gasteiger charge is 2.08. The van der Waals surface area contributed by atoms with Crippen molar-refractivity contribution in [1.29, 1.82) is 0 Å². The number of ether oxygens (including phenoxy) is 5. The topological polar surface area (TPSA) is 55.9 Å². The summed E-state index contributed by atoms with van der Waals surface area (Å²) in [6, 6.07) is 0. The highest BCUT2D eigenvalue weighted by molar-refractivity contribution is 4.60. The third-order valence-electron chi connectivity index (χ3n) is 4.08. The summed E-state index contributed by atoms with van der Waals surface area (Å²) < 4.78 is 25.1. The van der Waals surface area contributed by atoms with Gasteiger partial charge in [-0.3, -0.25) is 9.80 Å². The van der Waals surface area contributed by atoms with Gasteiger partial charge in [0.25, 0.3) is 0 Å². The number of hydrogen-bond acceptors (Lipinski definition) is 8. The van der Waals surface area contributed by atoms with Crippen LogP contribution in [0, 0.1) is 0 Å². The Hall–Kier alpha value is -0.320. The first-order valence-corrected chi connectivity index (χ1v) is 9.85. The lowest BCUT2D eigenvalue weighted by atomic mass is 10.4. The van der Waals surface area contributed by atoms with E-state index in [2.05, 4.69) is 28.8 Å². The smallest absolute Gasteiger partial charge is 0.0987 e. The molecule has 2 rings (SSSR count). The van der Waals surface area contributed by atoms with E-state index < -0.39 is 0 Å². The highest BCUT2D eigenvalue weighted by Crippen LogP contribution is 1.95. The normalized spacial score (nSPS) is 18.4. The van der Waals surface area contributed by atoms with Crippen LogP contribution in [0.2, 0.25) is 0 Å². The van der Waals surface area contributed by atoms with E-state index in [0.29, 0.717) is 0 Å². The zero-order valence-corrected chi connectivity index (χ0v) is 18.3. The minimum atomic E-state index is 0.739. The van der Waals surface area contributed by atoms with Gasteiger partial charge >= 0.3 is 0 Å².